The highest BCUT2D eigenvalue weighted by atomic mass is 35.5. The van der Waals surface area contributed by atoms with Crippen molar-refractivity contribution in [2.24, 2.45) is 5.92 Å². The van der Waals surface area contributed by atoms with Gasteiger partial charge >= 0.3 is 0 Å². The maximum Gasteiger partial charge on any atom is 0.231 e. The summed E-state index contributed by atoms with van der Waals surface area (Å²) in [5, 5.41) is 9.40. The van der Waals surface area contributed by atoms with Gasteiger partial charge in [-0.1, -0.05) is 0 Å². The lowest BCUT2D eigenvalue weighted by Gasteiger charge is -2.23. The summed E-state index contributed by atoms with van der Waals surface area (Å²) in [4.78, 5) is 0. The van der Waals surface area contributed by atoms with Crippen molar-refractivity contribution >= 4 is 23.2 Å². The van der Waals surface area contributed by atoms with Gasteiger partial charge in [0.25, 0.3) is 0 Å². The summed E-state index contributed by atoms with van der Waals surface area (Å²) in [5.41, 5.74) is 1.78. The highest BCUT2D eigenvalue weighted by molar-refractivity contribution is 6.52. The molecule has 2 unspecified atom stereocenters. The van der Waals surface area contributed by atoms with Crippen LogP contribution in [-0.2, 0) is 16.6 Å². The number of alkyl halides is 2. The lowest BCUT2D eigenvalue weighted by molar-refractivity contribution is 0.0954. The molecule has 6 heteroatoms. The number of hydrogen-bond donors (Lipinski definition) is 1. The maximum atomic E-state index is 9.40. The minimum Gasteiger partial charge on any atom is -0.454 e. The molecule has 4 nitrogen and oxygen atoms in total. The number of aliphatic hydroxyl groups is 1. The molecule has 2 saturated carbocycles. The summed E-state index contributed by atoms with van der Waals surface area (Å²) in [6.07, 6.45) is 2.36. The summed E-state index contributed by atoms with van der Waals surface area (Å²) in [7, 11) is 1.72. The van der Waals surface area contributed by atoms with Gasteiger partial charge in [0, 0.05) is 25.0 Å². The third-order valence-corrected chi connectivity index (χ3v) is 6.59. The number of methoxy groups -OCH3 is 1. The van der Waals surface area contributed by atoms with Gasteiger partial charge in [-0.15, -0.1) is 23.2 Å². The van der Waals surface area contributed by atoms with E-state index in [1.165, 1.54) is 0 Å². The molecule has 1 heterocycles. The van der Waals surface area contributed by atoms with Crippen LogP contribution in [0.15, 0.2) is 12.1 Å². The Morgan fingerprint density at radius 3 is 2.73 bits per heavy atom. The van der Waals surface area contributed by atoms with Crippen LogP contribution in [0.2, 0.25) is 0 Å². The van der Waals surface area contributed by atoms with Crippen molar-refractivity contribution in [3.63, 3.8) is 0 Å². The van der Waals surface area contributed by atoms with Crippen LogP contribution < -0.4 is 9.47 Å². The lowest BCUT2D eigenvalue weighted by Crippen LogP contribution is -2.23. The lowest BCUT2D eigenvalue weighted by atomic mass is 9.87. The molecule has 0 aromatic heterocycles. The van der Waals surface area contributed by atoms with Gasteiger partial charge in [0.1, 0.15) is 4.33 Å². The first-order valence-corrected chi connectivity index (χ1v) is 8.24. The molecular formula is C16H18Cl2O4. The first kappa shape index (κ1) is 14.9. The van der Waals surface area contributed by atoms with Crippen LogP contribution in [0.4, 0.5) is 0 Å². The summed E-state index contributed by atoms with van der Waals surface area (Å²) in [6, 6.07) is 3.94. The van der Waals surface area contributed by atoms with Crippen LogP contribution in [0.3, 0.4) is 0 Å². The fourth-order valence-electron chi connectivity index (χ4n) is 4.25. The van der Waals surface area contributed by atoms with Crippen LogP contribution >= 0.6 is 23.2 Å². The van der Waals surface area contributed by atoms with Crippen molar-refractivity contribution in [1.82, 2.24) is 0 Å². The van der Waals surface area contributed by atoms with E-state index in [2.05, 4.69) is 0 Å². The van der Waals surface area contributed by atoms with Crippen LogP contribution in [0.1, 0.15) is 24.0 Å². The van der Waals surface area contributed by atoms with Gasteiger partial charge in [-0.2, -0.15) is 0 Å². The van der Waals surface area contributed by atoms with Gasteiger partial charge in [0.05, 0.1) is 6.10 Å². The fraction of sp³-hybridized carbons (Fsp3) is 0.625. The number of hydrogen-bond acceptors (Lipinski definition) is 4. The Kier molecular flexibility index (Phi) is 3.32. The first-order valence-electron chi connectivity index (χ1n) is 7.49. The predicted octanol–water partition coefficient (Wildman–Crippen LogP) is 2.80. The third-order valence-electron chi connectivity index (χ3n) is 5.39. The van der Waals surface area contributed by atoms with E-state index in [9.17, 15) is 5.11 Å². The number of ether oxygens (including phenoxy) is 3. The second-order valence-electron chi connectivity index (χ2n) is 6.28. The molecule has 0 amide bonds. The summed E-state index contributed by atoms with van der Waals surface area (Å²) in [5.74, 6) is 1.62. The summed E-state index contributed by atoms with van der Waals surface area (Å²) >= 11 is 13.2. The Morgan fingerprint density at radius 2 is 2.05 bits per heavy atom. The molecule has 0 spiro atoms. The highest BCUT2D eigenvalue weighted by Gasteiger charge is 2.80. The van der Waals surface area contributed by atoms with Gasteiger partial charge in [-0.25, -0.2) is 0 Å². The second kappa shape index (κ2) is 4.91. The van der Waals surface area contributed by atoms with E-state index in [1.54, 1.807) is 7.11 Å². The molecule has 1 N–H and O–H groups in total. The fourth-order valence-corrected chi connectivity index (χ4v) is 5.31. The number of rotatable bonds is 4. The van der Waals surface area contributed by atoms with Crippen LogP contribution in [0.5, 0.6) is 11.5 Å². The number of aliphatic hydroxyl groups excluding tert-OH is 1. The molecule has 4 rings (SSSR count). The molecule has 0 radical (unpaired) electrons. The predicted molar refractivity (Wildman–Crippen MR) is 83.0 cm³/mol. The zero-order chi connectivity index (χ0) is 15.5. The first-order chi connectivity index (χ1) is 10.5. The van der Waals surface area contributed by atoms with Gasteiger partial charge in [-0.05, 0) is 42.5 Å². The number of benzene rings is 1. The molecule has 2 fully saturated rings. The second-order valence-corrected chi connectivity index (χ2v) is 7.67. The average molecular weight is 345 g/mol. The summed E-state index contributed by atoms with van der Waals surface area (Å²) < 4.78 is 15.7. The molecular weight excluding hydrogens is 327 g/mol. The minimum absolute atomic E-state index is 0.0681. The molecule has 120 valence electrons. The monoisotopic (exact) mass is 344 g/mol. The molecule has 3 aliphatic rings. The van der Waals surface area contributed by atoms with Crippen molar-refractivity contribution in [2.45, 2.75) is 35.1 Å². The van der Waals surface area contributed by atoms with Gasteiger partial charge in [0.2, 0.25) is 6.79 Å². The summed E-state index contributed by atoms with van der Waals surface area (Å²) in [6.45, 7) is 0.292. The van der Waals surface area contributed by atoms with Crippen molar-refractivity contribution in [3.05, 3.63) is 23.3 Å². The van der Waals surface area contributed by atoms with E-state index in [-0.39, 0.29) is 30.8 Å². The highest BCUT2D eigenvalue weighted by Crippen LogP contribution is 2.77. The Balaban J connectivity index is 1.81. The van der Waals surface area contributed by atoms with Crippen molar-refractivity contribution in [2.75, 3.05) is 20.5 Å². The molecule has 0 bridgehead atoms. The van der Waals surface area contributed by atoms with E-state index in [1.807, 2.05) is 12.1 Å². The van der Waals surface area contributed by atoms with Crippen LogP contribution in [0.25, 0.3) is 0 Å². The van der Waals surface area contributed by atoms with Crippen molar-refractivity contribution < 1.29 is 19.3 Å². The van der Waals surface area contributed by atoms with Crippen molar-refractivity contribution in [3.8, 4) is 11.5 Å². The van der Waals surface area contributed by atoms with E-state index in [0.717, 1.165) is 35.5 Å². The molecule has 0 saturated heterocycles. The normalized spacial score (nSPS) is 33.8. The molecule has 1 aromatic rings. The van der Waals surface area contributed by atoms with E-state index >= 15 is 0 Å². The van der Waals surface area contributed by atoms with Crippen LogP contribution in [-0.4, -0.2) is 36.1 Å². The Labute approximate surface area is 139 Å². The molecule has 22 heavy (non-hydrogen) atoms. The number of fused-ring (bicyclic) bond motifs is 2. The van der Waals surface area contributed by atoms with E-state index < -0.39 is 4.33 Å². The zero-order valence-electron chi connectivity index (χ0n) is 12.3. The maximum absolute atomic E-state index is 9.40. The smallest absolute Gasteiger partial charge is 0.231 e. The Morgan fingerprint density at radius 1 is 1.32 bits per heavy atom. The van der Waals surface area contributed by atoms with E-state index in [4.69, 9.17) is 37.4 Å². The van der Waals surface area contributed by atoms with Gasteiger partial charge < -0.3 is 19.3 Å². The van der Waals surface area contributed by atoms with Gasteiger partial charge in [0.15, 0.2) is 11.5 Å². The molecule has 1 aromatic carbocycles. The van der Waals surface area contributed by atoms with Crippen LogP contribution in [0, 0.1) is 5.92 Å². The Hall–Kier alpha value is -0.680. The quantitative estimate of drug-likeness (QED) is 0.853. The molecule has 2 aliphatic carbocycles. The van der Waals surface area contributed by atoms with E-state index in [0.29, 0.717) is 6.42 Å². The van der Waals surface area contributed by atoms with Crippen molar-refractivity contribution in [1.29, 1.82) is 0 Å². The zero-order valence-corrected chi connectivity index (χ0v) is 13.8. The average Bonchev–Trinajstić information content (AvgIpc) is 2.93. The number of halogens is 2. The molecule has 3 atom stereocenters. The molecule has 1 aliphatic heterocycles. The third kappa shape index (κ3) is 1.78. The Bertz CT molecular complexity index is 618. The minimum atomic E-state index is -0.778. The standard InChI is InChI=1S/C16H18Cl2O4/c1-20-10-5-14-15(7-10,16(14,17)18)11-6-13-12(21-8-22-13)4-9(11)2-3-19/h4,6,10,14,19H,2-3,5,7-8H2,1H3/t10-,14?,15?/m1/s1. The SMILES string of the molecule is CO[C@@H]1CC2C(Cl)(Cl)C2(c2cc3c(cc2CCO)OCO3)C1. The topological polar surface area (TPSA) is 47.9 Å². The van der Waals surface area contributed by atoms with Gasteiger partial charge in [-0.3, -0.25) is 0 Å². The largest absolute Gasteiger partial charge is 0.454 e.